The molecule has 7 heteroatoms. The Morgan fingerprint density at radius 1 is 0.962 bits per heavy atom. The molecule has 1 aromatic heterocycles. The van der Waals surface area contributed by atoms with E-state index in [0.29, 0.717) is 11.3 Å². The fourth-order valence-electron chi connectivity index (χ4n) is 2.44. The van der Waals surface area contributed by atoms with Gasteiger partial charge in [0.15, 0.2) is 0 Å². The first kappa shape index (κ1) is 17.9. The first-order chi connectivity index (χ1) is 12.4. The minimum Gasteiger partial charge on any atom is -0.324 e. The Bertz CT molecular complexity index is 1010. The van der Waals surface area contributed by atoms with Crippen molar-refractivity contribution in [1.82, 2.24) is 8.87 Å². The average molecular weight is 369 g/mol. The predicted molar refractivity (Wildman–Crippen MR) is 101 cm³/mol. The molecule has 0 aliphatic carbocycles. The molecule has 3 aromatic rings. The van der Waals surface area contributed by atoms with Gasteiger partial charge in [0.2, 0.25) is 10.0 Å². The number of amides is 1. The van der Waals surface area contributed by atoms with Crippen molar-refractivity contribution in [3.63, 3.8) is 0 Å². The number of anilines is 1. The van der Waals surface area contributed by atoms with E-state index in [9.17, 15) is 13.2 Å². The number of carbonyl (C=O) groups excluding carboxylic acids is 1. The van der Waals surface area contributed by atoms with Crippen molar-refractivity contribution in [2.24, 2.45) is 0 Å². The van der Waals surface area contributed by atoms with Crippen molar-refractivity contribution >= 4 is 21.6 Å². The summed E-state index contributed by atoms with van der Waals surface area (Å²) in [7, 11) is -0.621. The number of hydrogen-bond acceptors (Lipinski definition) is 3. The molecule has 1 heterocycles. The maximum Gasteiger partial charge on any atom is 0.255 e. The number of rotatable bonds is 5. The van der Waals surface area contributed by atoms with E-state index in [1.807, 2.05) is 41.2 Å². The van der Waals surface area contributed by atoms with Crippen LogP contribution in [0.2, 0.25) is 0 Å². The Labute approximate surface area is 152 Å². The van der Waals surface area contributed by atoms with Gasteiger partial charge in [0.05, 0.1) is 4.90 Å². The largest absolute Gasteiger partial charge is 0.324 e. The lowest BCUT2D eigenvalue weighted by atomic mass is 10.2. The van der Waals surface area contributed by atoms with Crippen LogP contribution >= 0.6 is 0 Å². The number of nitrogens with one attached hydrogen (secondary N) is 1. The molecule has 0 radical (unpaired) electrons. The number of carbonyl (C=O) groups is 1. The van der Waals surface area contributed by atoms with E-state index in [-0.39, 0.29) is 10.8 Å². The maximum atomic E-state index is 12.4. The second-order valence-corrected chi connectivity index (χ2v) is 8.06. The van der Waals surface area contributed by atoms with Gasteiger partial charge in [-0.2, -0.15) is 0 Å². The van der Waals surface area contributed by atoms with E-state index in [2.05, 4.69) is 5.32 Å². The second kappa shape index (κ2) is 7.15. The van der Waals surface area contributed by atoms with Crippen LogP contribution in [0.3, 0.4) is 0 Å². The third kappa shape index (κ3) is 3.68. The van der Waals surface area contributed by atoms with Crippen molar-refractivity contribution in [3.8, 4) is 5.69 Å². The Morgan fingerprint density at radius 2 is 1.62 bits per heavy atom. The Balaban J connectivity index is 1.78. The molecule has 1 amide bonds. The lowest BCUT2D eigenvalue weighted by Gasteiger charge is -2.13. The van der Waals surface area contributed by atoms with Gasteiger partial charge in [-0.05, 0) is 54.6 Å². The first-order valence-corrected chi connectivity index (χ1v) is 9.39. The molecule has 0 atom stereocenters. The van der Waals surface area contributed by atoms with Crippen molar-refractivity contribution in [3.05, 3.63) is 78.6 Å². The summed E-state index contributed by atoms with van der Waals surface area (Å²) in [6, 6.07) is 17.2. The molecule has 1 N–H and O–H groups in total. The van der Waals surface area contributed by atoms with Gasteiger partial charge in [-0.1, -0.05) is 6.07 Å². The van der Waals surface area contributed by atoms with Crippen LogP contribution in [-0.4, -0.2) is 37.3 Å². The van der Waals surface area contributed by atoms with Crippen LogP contribution in [0.1, 0.15) is 10.4 Å². The monoisotopic (exact) mass is 369 g/mol. The van der Waals surface area contributed by atoms with Gasteiger partial charge in [0.25, 0.3) is 5.91 Å². The van der Waals surface area contributed by atoms with Gasteiger partial charge < -0.3 is 9.88 Å². The smallest absolute Gasteiger partial charge is 0.255 e. The van der Waals surface area contributed by atoms with Gasteiger partial charge in [-0.25, -0.2) is 12.7 Å². The molecule has 0 bridgehead atoms. The SMILES string of the molecule is CN(C)S(=O)(=O)c1cccc(NC(=O)c2ccc(-n3cccc3)cc2)c1. The van der Waals surface area contributed by atoms with Gasteiger partial charge in [-0.3, -0.25) is 4.79 Å². The predicted octanol–water partition coefficient (Wildman–Crippen LogP) is 2.98. The van der Waals surface area contributed by atoms with Crippen LogP contribution in [0, 0.1) is 0 Å². The number of sulfonamides is 1. The Kier molecular flexibility index (Phi) is 4.92. The first-order valence-electron chi connectivity index (χ1n) is 7.95. The van der Waals surface area contributed by atoms with E-state index >= 15 is 0 Å². The van der Waals surface area contributed by atoms with E-state index < -0.39 is 10.0 Å². The molecule has 3 rings (SSSR count). The van der Waals surface area contributed by atoms with Crippen LogP contribution < -0.4 is 5.32 Å². The van der Waals surface area contributed by atoms with E-state index in [1.54, 1.807) is 24.3 Å². The summed E-state index contributed by atoms with van der Waals surface area (Å²) in [6.45, 7) is 0. The Hall–Kier alpha value is -2.90. The Morgan fingerprint density at radius 3 is 2.23 bits per heavy atom. The zero-order chi connectivity index (χ0) is 18.7. The molecule has 134 valence electrons. The molecule has 0 fully saturated rings. The number of aromatic nitrogens is 1. The van der Waals surface area contributed by atoms with Gasteiger partial charge in [0, 0.05) is 43.4 Å². The molecule has 0 spiro atoms. The van der Waals surface area contributed by atoms with Crippen LogP contribution in [0.5, 0.6) is 0 Å². The van der Waals surface area contributed by atoms with Crippen molar-refractivity contribution in [2.45, 2.75) is 4.90 Å². The van der Waals surface area contributed by atoms with Crippen molar-refractivity contribution in [2.75, 3.05) is 19.4 Å². The summed E-state index contributed by atoms with van der Waals surface area (Å²) < 4.78 is 27.5. The highest BCUT2D eigenvalue weighted by Crippen LogP contribution is 2.19. The molecule has 0 aliphatic heterocycles. The van der Waals surface area contributed by atoms with Crippen molar-refractivity contribution in [1.29, 1.82) is 0 Å². The summed E-state index contributed by atoms with van der Waals surface area (Å²) in [5.74, 6) is -0.302. The molecule has 26 heavy (non-hydrogen) atoms. The highest BCUT2D eigenvalue weighted by atomic mass is 32.2. The van der Waals surface area contributed by atoms with Crippen molar-refractivity contribution < 1.29 is 13.2 Å². The summed E-state index contributed by atoms with van der Waals surface area (Å²) in [4.78, 5) is 12.6. The number of nitrogens with zero attached hydrogens (tertiary/aromatic N) is 2. The highest BCUT2D eigenvalue weighted by Gasteiger charge is 2.17. The lowest BCUT2D eigenvalue weighted by molar-refractivity contribution is 0.102. The minimum atomic E-state index is -3.55. The third-order valence-corrected chi connectivity index (χ3v) is 5.71. The van der Waals surface area contributed by atoms with Crippen LogP contribution in [0.25, 0.3) is 5.69 Å². The summed E-state index contributed by atoms with van der Waals surface area (Å²) in [6.07, 6.45) is 3.84. The van der Waals surface area contributed by atoms with E-state index in [1.165, 1.54) is 26.2 Å². The third-order valence-electron chi connectivity index (χ3n) is 3.90. The summed E-state index contributed by atoms with van der Waals surface area (Å²) >= 11 is 0. The molecular weight excluding hydrogens is 350 g/mol. The molecule has 6 nitrogen and oxygen atoms in total. The number of benzene rings is 2. The zero-order valence-corrected chi connectivity index (χ0v) is 15.3. The standard InChI is InChI=1S/C19H19N3O3S/c1-21(2)26(24,25)18-7-5-6-16(14-18)20-19(23)15-8-10-17(11-9-15)22-12-3-4-13-22/h3-14H,1-2H3,(H,20,23). The normalized spacial score (nSPS) is 11.5. The fraction of sp³-hybridized carbons (Fsp3) is 0.105. The van der Waals surface area contributed by atoms with Crippen LogP contribution in [0.4, 0.5) is 5.69 Å². The van der Waals surface area contributed by atoms with Gasteiger partial charge in [-0.15, -0.1) is 0 Å². The second-order valence-electron chi connectivity index (χ2n) is 5.91. The van der Waals surface area contributed by atoms with Crippen LogP contribution in [0.15, 0.2) is 78.0 Å². The maximum absolute atomic E-state index is 12.4. The van der Waals surface area contributed by atoms with Crippen LogP contribution in [-0.2, 0) is 10.0 Å². The molecule has 0 aliphatic rings. The summed E-state index contributed by atoms with van der Waals surface area (Å²) in [5.41, 5.74) is 1.86. The van der Waals surface area contributed by atoms with E-state index in [4.69, 9.17) is 0 Å². The minimum absolute atomic E-state index is 0.128. The van der Waals surface area contributed by atoms with Gasteiger partial charge >= 0.3 is 0 Å². The molecular formula is C19H19N3O3S. The summed E-state index contributed by atoms with van der Waals surface area (Å²) in [5, 5.41) is 2.74. The highest BCUT2D eigenvalue weighted by molar-refractivity contribution is 7.89. The van der Waals surface area contributed by atoms with Gasteiger partial charge in [0.1, 0.15) is 0 Å². The molecule has 0 saturated carbocycles. The zero-order valence-electron chi connectivity index (χ0n) is 14.5. The number of hydrogen-bond donors (Lipinski definition) is 1. The quantitative estimate of drug-likeness (QED) is 0.752. The molecule has 0 saturated heterocycles. The average Bonchev–Trinajstić information content (AvgIpc) is 3.16. The lowest BCUT2D eigenvalue weighted by Crippen LogP contribution is -2.22. The molecule has 2 aromatic carbocycles. The fourth-order valence-corrected chi connectivity index (χ4v) is 3.39. The van der Waals surface area contributed by atoms with E-state index in [0.717, 1.165) is 9.99 Å². The topological polar surface area (TPSA) is 71.4 Å². The molecule has 0 unspecified atom stereocenters.